The zero-order valence-corrected chi connectivity index (χ0v) is 12.8. The zero-order chi connectivity index (χ0) is 20.8. The molecule has 2 rings (SSSR count). The van der Waals surface area contributed by atoms with Gasteiger partial charge in [-0.05, 0) is 18.2 Å². The molecule has 0 spiro atoms. The number of benzene rings is 1. The van der Waals surface area contributed by atoms with Crippen LogP contribution in [0.1, 0.15) is 11.1 Å². The first kappa shape index (κ1) is 21.1. The lowest BCUT2D eigenvalue weighted by Crippen LogP contribution is -2.42. The van der Waals surface area contributed by atoms with Crippen molar-refractivity contribution in [2.45, 2.75) is 37.0 Å². The highest BCUT2D eigenvalue weighted by Gasteiger charge is 2.56. The molecule has 1 saturated heterocycles. The largest absolute Gasteiger partial charge is 0.433 e. The van der Waals surface area contributed by atoms with E-state index in [1.807, 2.05) is 0 Å². The number of halogens is 9. The molecule has 1 unspecified atom stereocenters. The second-order valence-electron chi connectivity index (χ2n) is 5.55. The molecule has 1 aliphatic heterocycles. The smallest absolute Gasteiger partial charge is 0.381 e. The number of alkyl halides is 9. The van der Waals surface area contributed by atoms with Crippen molar-refractivity contribution in [1.82, 2.24) is 0 Å². The topological polar surface area (TPSA) is 56.5 Å². The van der Waals surface area contributed by atoms with E-state index >= 15 is 0 Å². The van der Waals surface area contributed by atoms with Gasteiger partial charge in [-0.15, -0.1) is 0 Å². The Hall–Kier alpha value is -2.20. The number of nitrogens with zero attached hydrogens (tertiary/aromatic N) is 2. The van der Waals surface area contributed by atoms with Gasteiger partial charge >= 0.3 is 18.5 Å². The number of hydrogen-bond donors (Lipinski definition) is 1. The number of aliphatic hydroxyl groups excluding tert-OH is 1. The van der Waals surface area contributed by atoms with Crippen molar-refractivity contribution in [2.75, 3.05) is 11.4 Å². The monoisotopic (exact) mass is 408 g/mol. The van der Waals surface area contributed by atoms with Gasteiger partial charge in [0, 0.05) is 12.2 Å². The summed E-state index contributed by atoms with van der Waals surface area (Å²) in [5.74, 6) is 0. The molecule has 1 aromatic carbocycles. The van der Waals surface area contributed by atoms with Gasteiger partial charge in [0.2, 0.25) is 6.23 Å². The standard InChI is InChI=1S/C14H9F9N2O2/c15-12(16,17)8-3-7(2-1-6(8)4-24)25-5-9(10(26)13(18,19)20)27-11(25)14(21,22)23/h1-3,9-11,26H,5H2/t9?,10-,11-/m1/s1. The highest BCUT2D eigenvalue weighted by Crippen LogP contribution is 2.40. The molecule has 0 aromatic heterocycles. The first-order chi connectivity index (χ1) is 12.2. The second kappa shape index (κ2) is 6.75. The highest BCUT2D eigenvalue weighted by molar-refractivity contribution is 5.56. The maximum Gasteiger partial charge on any atom is 0.433 e. The molecule has 150 valence electrons. The maximum atomic E-state index is 13.1. The van der Waals surface area contributed by atoms with Crippen LogP contribution in [0.25, 0.3) is 0 Å². The van der Waals surface area contributed by atoms with Crippen molar-refractivity contribution >= 4 is 5.69 Å². The number of anilines is 1. The van der Waals surface area contributed by atoms with Crippen LogP contribution in [-0.2, 0) is 10.9 Å². The Labute approximate surface area is 145 Å². The number of aliphatic hydroxyl groups is 1. The fourth-order valence-electron chi connectivity index (χ4n) is 2.49. The Morgan fingerprint density at radius 3 is 2.15 bits per heavy atom. The average Bonchev–Trinajstić information content (AvgIpc) is 2.97. The molecule has 27 heavy (non-hydrogen) atoms. The van der Waals surface area contributed by atoms with E-state index in [2.05, 4.69) is 4.74 Å². The number of hydrogen-bond acceptors (Lipinski definition) is 4. The maximum absolute atomic E-state index is 13.1. The van der Waals surface area contributed by atoms with E-state index in [1.165, 1.54) is 6.07 Å². The molecule has 0 saturated carbocycles. The summed E-state index contributed by atoms with van der Waals surface area (Å²) in [6, 6.07) is 2.76. The first-order valence-corrected chi connectivity index (χ1v) is 7.01. The summed E-state index contributed by atoms with van der Waals surface area (Å²) in [6.45, 7) is -1.17. The van der Waals surface area contributed by atoms with Crippen LogP contribution in [0.2, 0.25) is 0 Å². The number of ether oxygens (including phenoxy) is 1. The Balaban J connectivity index is 2.47. The van der Waals surface area contributed by atoms with Crippen molar-refractivity contribution < 1.29 is 49.4 Å². The van der Waals surface area contributed by atoms with E-state index in [9.17, 15) is 39.5 Å². The first-order valence-electron chi connectivity index (χ1n) is 7.01. The van der Waals surface area contributed by atoms with Gasteiger partial charge in [0.1, 0.15) is 6.10 Å². The van der Waals surface area contributed by atoms with Crippen LogP contribution < -0.4 is 4.90 Å². The molecule has 0 radical (unpaired) electrons. The minimum Gasteiger partial charge on any atom is -0.381 e. The van der Waals surface area contributed by atoms with E-state index < -0.39 is 60.3 Å². The third-order valence-corrected chi connectivity index (χ3v) is 3.69. The molecule has 3 atom stereocenters. The Morgan fingerprint density at radius 2 is 1.70 bits per heavy atom. The van der Waals surface area contributed by atoms with Crippen LogP contribution in [0, 0.1) is 11.3 Å². The van der Waals surface area contributed by atoms with E-state index in [4.69, 9.17) is 10.4 Å². The zero-order valence-electron chi connectivity index (χ0n) is 12.8. The van der Waals surface area contributed by atoms with Gasteiger partial charge < -0.3 is 14.7 Å². The molecule has 13 heteroatoms. The lowest BCUT2D eigenvalue weighted by Gasteiger charge is -2.27. The van der Waals surface area contributed by atoms with E-state index in [1.54, 1.807) is 0 Å². The van der Waals surface area contributed by atoms with Gasteiger partial charge in [0.15, 0.2) is 6.10 Å². The molecule has 1 N–H and O–H groups in total. The predicted octanol–water partition coefficient (Wildman–Crippen LogP) is 3.59. The van der Waals surface area contributed by atoms with E-state index in [0.717, 1.165) is 6.07 Å². The molecule has 0 aliphatic carbocycles. The quantitative estimate of drug-likeness (QED) is 0.761. The van der Waals surface area contributed by atoms with Crippen LogP contribution in [0.4, 0.5) is 45.2 Å². The lowest BCUT2D eigenvalue weighted by atomic mass is 10.1. The number of rotatable bonds is 2. The van der Waals surface area contributed by atoms with Gasteiger partial charge in [-0.25, -0.2) is 0 Å². The Kier molecular flexibility index (Phi) is 5.28. The second-order valence-corrected chi connectivity index (χ2v) is 5.55. The minimum atomic E-state index is -5.29. The minimum absolute atomic E-state index is 0.121. The third kappa shape index (κ3) is 4.38. The van der Waals surface area contributed by atoms with Crippen molar-refractivity contribution in [3.05, 3.63) is 29.3 Å². The molecule has 0 amide bonds. The van der Waals surface area contributed by atoms with Crippen LogP contribution >= 0.6 is 0 Å². The summed E-state index contributed by atoms with van der Waals surface area (Å²) in [6.07, 6.45) is -24.3. The Morgan fingerprint density at radius 1 is 1.11 bits per heavy atom. The molecule has 0 bridgehead atoms. The summed E-state index contributed by atoms with van der Waals surface area (Å²) in [5.41, 5.74) is -3.19. The molecule has 1 fully saturated rings. The molecule has 1 aliphatic rings. The summed E-state index contributed by atoms with van der Waals surface area (Å²) in [7, 11) is 0. The fraction of sp³-hybridized carbons (Fsp3) is 0.500. The predicted molar refractivity (Wildman–Crippen MR) is 70.3 cm³/mol. The van der Waals surface area contributed by atoms with Gasteiger partial charge in [-0.1, -0.05) is 0 Å². The van der Waals surface area contributed by atoms with Crippen molar-refractivity contribution in [1.29, 1.82) is 5.26 Å². The van der Waals surface area contributed by atoms with Gasteiger partial charge in [0.25, 0.3) is 0 Å². The van der Waals surface area contributed by atoms with Gasteiger partial charge in [-0.2, -0.15) is 44.8 Å². The summed E-state index contributed by atoms with van der Waals surface area (Å²) >= 11 is 0. The highest BCUT2D eigenvalue weighted by atomic mass is 19.4. The molecular weight excluding hydrogens is 399 g/mol. The summed E-state index contributed by atoms with van der Waals surface area (Å²) in [4.78, 5) is 0.121. The average molecular weight is 408 g/mol. The van der Waals surface area contributed by atoms with Crippen molar-refractivity contribution in [3.63, 3.8) is 0 Å². The summed E-state index contributed by atoms with van der Waals surface area (Å²) < 4.78 is 120. The van der Waals surface area contributed by atoms with E-state index in [0.29, 0.717) is 6.07 Å². The van der Waals surface area contributed by atoms with Crippen LogP contribution in [-0.4, -0.2) is 42.4 Å². The normalized spacial score (nSPS) is 22.6. The molecule has 1 heterocycles. The molecule has 4 nitrogen and oxygen atoms in total. The van der Waals surface area contributed by atoms with Crippen LogP contribution in [0.15, 0.2) is 18.2 Å². The van der Waals surface area contributed by atoms with Crippen LogP contribution in [0.5, 0.6) is 0 Å². The van der Waals surface area contributed by atoms with Gasteiger partial charge in [-0.3, -0.25) is 0 Å². The van der Waals surface area contributed by atoms with E-state index in [-0.39, 0.29) is 11.0 Å². The number of nitriles is 1. The lowest BCUT2D eigenvalue weighted by molar-refractivity contribution is -0.258. The third-order valence-electron chi connectivity index (χ3n) is 3.69. The van der Waals surface area contributed by atoms with Crippen molar-refractivity contribution in [2.24, 2.45) is 0 Å². The van der Waals surface area contributed by atoms with Gasteiger partial charge in [0.05, 0.1) is 17.2 Å². The SMILES string of the molecule is N#Cc1ccc(N2CC([C@@H](O)C(F)(F)F)O[C@@H]2C(F)(F)F)cc1C(F)(F)F. The van der Waals surface area contributed by atoms with Crippen molar-refractivity contribution in [3.8, 4) is 6.07 Å². The fourth-order valence-corrected chi connectivity index (χ4v) is 2.49. The molecular formula is C14H9F9N2O2. The summed E-state index contributed by atoms with van der Waals surface area (Å²) in [5, 5.41) is 17.8. The van der Waals surface area contributed by atoms with Crippen LogP contribution in [0.3, 0.4) is 0 Å². The molecule has 1 aromatic rings. The Bertz CT molecular complexity index is 736.